The smallest absolute Gasteiger partial charge is 0.271 e. The second kappa shape index (κ2) is 9.53. The molecule has 7 heteroatoms. The number of nitriles is 1. The van der Waals surface area contributed by atoms with Crippen LogP contribution in [0.2, 0.25) is 0 Å². The lowest BCUT2D eigenvalue weighted by atomic mass is 9.93. The molecule has 0 radical (unpaired) electrons. The van der Waals surface area contributed by atoms with Crippen molar-refractivity contribution in [2.75, 3.05) is 13.2 Å². The summed E-state index contributed by atoms with van der Waals surface area (Å²) in [6.45, 7) is 2.40. The van der Waals surface area contributed by atoms with Crippen LogP contribution in [0.15, 0.2) is 83.6 Å². The molecule has 0 bridgehead atoms. The molecule has 2 amide bonds. The topological polar surface area (TPSA) is 88.2 Å². The van der Waals surface area contributed by atoms with Gasteiger partial charge in [-0.15, -0.1) is 0 Å². The minimum atomic E-state index is -0.564. The van der Waals surface area contributed by atoms with E-state index in [1.54, 1.807) is 17.7 Å². The highest BCUT2D eigenvalue weighted by Crippen LogP contribution is 2.31. The van der Waals surface area contributed by atoms with Crippen LogP contribution in [-0.2, 0) is 14.3 Å². The Labute approximate surface area is 203 Å². The molecule has 0 saturated carbocycles. The number of benzene rings is 2. The van der Waals surface area contributed by atoms with Crippen LogP contribution in [0, 0.1) is 11.3 Å². The fourth-order valence-corrected chi connectivity index (χ4v) is 4.47. The van der Waals surface area contributed by atoms with E-state index >= 15 is 0 Å². The number of hydrogen-bond donors (Lipinski definition) is 0. The van der Waals surface area contributed by atoms with Crippen molar-refractivity contribution in [3.05, 3.63) is 89.1 Å². The maximum Gasteiger partial charge on any atom is 0.271 e. The number of aromatic nitrogens is 2. The molecule has 2 aromatic carbocycles. The maximum atomic E-state index is 13.5. The van der Waals surface area contributed by atoms with Crippen LogP contribution in [0.3, 0.4) is 0 Å². The molecule has 0 spiro atoms. The molecule has 7 nitrogen and oxygen atoms in total. The molecular weight excluding hydrogens is 440 g/mol. The molecule has 1 unspecified atom stereocenters. The number of amides is 2. The molecule has 0 N–H and O–H groups in total. The lowest BCUT2D eigenvalue weighted by Crippen LogP contribution is -2.46. The normalized spacial score (nSPS) is 19.5. The Bertz CT molecular complexity index is 1370. The summed E-state index contributed by atoms with van der Waals surface area (Å²) in [6, 6.07) is 21.4. The first-order valence-electron chi connectivity index (χ1n) is 11.6. The van der Waals surface area contributed by atoms with Crippen molar-refractivity contribution in [3.63, 3.8) is 0 Å². The number of imide groups is 1. The van der Waals surface area contributed by atoms with Gasteiger partial charge in [-0.25, -0.2) is 4.68 Å². The quantitative estimate of drug-likeness (QED) is 0.415. The predicted octanol–water partition coefficient (Wildman–Crippen LogP) is 4.31. The minimum absolute atomic E-state index is 0.0226. The van der Waals surface area contributed by atoms with Crippen LogP contribution in [0.1, 0.15) is 25.3 Å². The Kier molecular flexibility index (Phi) is 6.13. The second-order valence-corrected chi connectivity index (χ2v) is 8.60. The van der Waals surface area contributed by atoms with E-state index in [1.165, 1.54) is 0 Å². The summed E-state index contributed by atoms with van der Waals surface area (Å²) in [5.74, 6) is -0.987. The molecule has 5 rings (SSSR count). The van der Waals surface area contributed by atoms with Gasteiger partial charge in [0, 0.05) is 29.5 Å². The van der Waals surface area contributed by atoms with Gasteiger partial charge in [0.2, 0.25) is 0 Å². The van der Waals surface area contributed by atoms with Crippen LogP contribution in [0.25, 0.3) is 23.0 Å². The van der Waals surface area contributed by atoms with Crippen LogP contribution < -0.4 is 0 Å². The van der Waals surface area contributed by atoms with Gasteiger partial charge in [-0.05, 0) is 43.5 Å². The standard InChI is InChI=1S/C28H24N4O3/c1-19-24(27(33)31(28(34)25(19)16-29)18-23-13-8-14-35-23)15-21-17-32(22-11-6-3-7-12-22)30-26(21)20-9-4-2-5-10-20/h2-7,9-12,15,17,23H,8,13-14,18H2,1H3/b24-15-. The second-order valence-electron chi connectivity index (χ2n) is 8.60. The van der Waals surface area contributed by atoms with E-state index in [4.69, 9.17) is 9.84 Å². The molecule has 2 aliphatic rings. The SMILES string of the molecule is CC1=C(C#N)C(=O)N(CC2CCCO2)C(=O)/C1=C\c1cn(-c2ccccc2)nc1-c1ccccc1. The molecular formula is C28H24N4O3. The van der Waals surface area contributed by atoms with E-state index in [1.807, 2.05) is 72.9 Å². The number of nitrogens with zero attached hydrogens (tertiary/aromatic N) is 4. The summed E-state index contributed by atoms with van der Waals surface area (Å²) in [4.78, 5) is 27.7. The van der Waals surface area contributed by atoms with Gasteiger partial charge in [0.05, 0.1) is 24.0 Å². The molecule has 3 aromatic rings. The van der Waals surface area contributed by atoms with Gasteiger partial charge in [-0.1, -0.05) is 48.5 Å². The van der Waals surface area contributed by atoms with E-state index < -0.39 is 11.8 Å². The zero-order valence-electron chi connectivity index (χ0n) is 19.3. The van der Waals surface area contributed by atoms with Crippen molar-refractivity contribution < 1.29 is 14.3 Å². The molecule has 35 heavy (non-hydrogen) atoms. The molecule has 1 saturated heterocycles. The highest BCUT2D eigenvalue weighted by molar-refractivity contribution is 6.19. The fraction of sp³-hybridized carbons (Fsp3) is 0.214. The molecule has 1 fully saturated rings. The highest BCUT2D eigenvalue weighted by atomic mass is 16.5. The van der Waals surface area contributed by atoms with E-state index in [0.29, 0.717) is 29.0 Å². The molecule has 174 valence electrons. The van der Waals surface area contributed by atoms with Gasteiger partial charge >= 0.3 is 0 Å². The first-order chi connectivity index (χ1) is 17.1. The molecule has 1 aromatic heterocycles. The lowest BCUT2D eigenvalue weighted by Gasteiger charge is -2.29. The Morgan fingerprint density at radius 1 is 1.09 bits per heavy atom. The Hall–Kier alpha value is -4.28. The minimum Gasteiger partial charge on any atom is -0.376 e. The number of para-hydroxylation sites is 1. The van der Waals surface area contributed by atoms with Crippen LogP contribution in [-0.4, -0.2) is 45.8 Å². The third-order valence-corrected chi connectivity index (χ3v) is 6.35. The highest BCUT2D eigenvalue weighted by Gasteiger charge is 2.37. The summed E-state index contributed by atoms with van der Waals surface area (Å²) in [6.07, 6.45) is 5.06. The number of rotatable bonds is 5. The number of hydrogen-bond acceptors (Lipinski definition) is 5. The first kappa shape index (κ1) is 22.5. The van der Waals surface area contributed by atoms with Crippen molar-refractivity contribution in [1.29, 1.82) is 5.26 Å². The molecule has 1 atom stereocenters. The van der Waals surface area contributed by atoms with Gasteiger partial charge < -0.3 is 4.74 Å². The molecule has 0 aliphatic carbocycles. The summed E-state index contributed by atoms with van der Waals surface area (Å²) >= 11 is 0. The van der Waals surface area contributed by atoms with E-state index in [9.17, 15) is 14.9 Å². The average molecular weight is 465 g/mol. The molecule has 2 aliphatic heterocycles. The Balaban J connectivity index is 1.63. The summed E-state index contributed by atoms with van der Waals surface area (Å²) < 4.78 is 7.42. The zero-order chi connectivity index (χ0) is 24.4. The van der Waals surface area contributed by atoms with E-state index in [2.05, 4.69) is 0 Å². The predicted molar refractivity (Wildman–Crippen MR) is 131 cm³/mol. The zero-order valence-corrected chi connectivity index (χ0v) is 19.3. The number of carbonyl (C=O) groups excluding carboxylic acids is 2. The monoisotopic (exact) mass is 464 g/mol. The summed E-state index contributed by atoms with van der Waals surface area (Å²) in [7, 11) is 0. The van der Waals surface area contributed by atoms with Gasteiger partial charge in [-0.2, -0.15) is 10.4 Å². The van der Waals surface area contributed by atoms with Crippen LogP contribution >= 0.6 is 0 Å². The third kappa shape index (κ3) is 4.32. The Morgan fingerprint density at radius 3 is 2.46 bits per heavy atom. The van der Waals surface area contributed by atoms with Gasteiger partial charge in [-0.3, -0.25) is 14.5 Å². The number of carbonyl (C=O) groups is 2. The summed E-state index contributed by atoms with van der Waals surface area (Å²) in [5, 5.41) is 14.5. The number of ether oxygens (including phenoxy) is 1. The van der Waals surface area contributed by atoms with E-state index in [-0.39, 0.29) is 18.2 Å². The maximum absolute atomic E-state index is 13.5. The Morgan fingerprint density at radius 2 is 1.80 bits per heavy atom. The van der Waals surface area contributed by atoms with Crippen molar-refractivity contribution >= 4 is 17.9 Å². The third-order valence-electron chi connectivity index (χ3n) is 6.35. The van der Waals surface area contributed by atoms with Gasteiger partial charge in [0.15, 0.2) is 0 Å². The average Bonchev–Trinajstić information content (AvgIpc) is 3.56. The largest absolute Gasteiger partial charge is 0.376 e. The molecule has 3 heterocycles. The van der Waals surface area contributed by atoms with Crippen molar-refractivity contribution in [2.45, 2.75) is 25.9 Å². The van der Waals surface area contributed by atoms with Gasteiger partial charge in [0.25, 0.3) is 11.8 Å². The lowest BCUT2D eigenvalue weighted by molar-refractivity contribution is -0.142. The van der Waals surface area contributed by atoms with Crippen molar-refractivity contribution in [1.82, 2.24) is 14.7 Å². The van der Waals surface area contributed by atoms with Crippen LogP contribution in [0.4, 0.5) is 0 Å². The van der Waals surface area contributed by atoms with Crippen LogP contribution in [0.5, 0.6) is 0 Å². The van der Waals surface area contributed by atoms with Crippen molar-refractivity contribution in [2.24, 2.45) is 0 Å². The summed E-state index contributed by atoms with van der Waals surface area (Å²) in [5.41, 5.74) is 3.85. The van der Waals surface area contributed by atoms with Crippen molar-refractivity contribution in [3.8, 4) is 23.0 Å². The van der Waals surface area contributed by atoms with Gasteiger partial charge in [0.1, 0.15) is 11.6 Å². The fourth-order valence-electron chi connectivity index (χ4n) is 4.47. The van der Waals surface area contributed by atoms with E-state index in [0.717, 1.165) is 29.0 Å². The first-order valence-corrected chi connectivity index (χ1v) is 11.6.